The Balaban J connectivity index is 1.71. The van der Waals surface area contributed by atoms with Crippen molar-refractivity contribution < 1.29 is 9.59 Å². The monoisotopic (exact) mass is 459 g/mol. The fourth-order valence-corrected chi connectivity index (χ4v) is 3.27. The first-order valence-corrected chi connectivity index (χ1v) is 9.94. The van der Waals surface area contributed by atoms with Crippen LogP contribution in [0.5, 0.6) is 0 Å². The molecule has 0 heterocycles. The number of hydrogen-bond acceptors (Lipinski definition) is 3. The number of carbonyl (C=O) groups excluding carboxylic acids is 2. The summed E-state index contributed by atoms with van der Waals surface area (Å²) in [6, 6.07) is 18.3. The largest absolute Gasteiger partial charge is 0.322 e. The van der Waals surface area contributed by atoms with Crippen molar-refractivity contribution in [2.75, 3.05) is 5.32 Å². The topological polar surface area (TPSA) is 70.6 Å². The molecule has 5 nitrogen and oxygen atoms in total. The molecule has 30 heavy (non-hydrogen) atoms. The van der Waals surface area contributed by atoms with Gasteiger partial charge in [-0.25, -0.2) is 5.43 Å². The highest BCUT2D eigenvalue weighted by atomic mass is 35.5. The lowest BCUT2D eigenvalue weighted by Gasteiger charge is -2.09. The average molecular weight is 461 g/mol. The van der Waals surface area contributed by atoms with Crippen molar-refractivity contribution in [2.45, 2.75) is 6.92 Å². The smallest absolute Gasteiger partial charge is 0.271 e. The summed E-state index contributed by atoms with van der Waals surface area (Å²) in [5.74, 6) is -0.739. The molecule has 2 amide bonds. The molecule has 0 bridgehead atoms. The Morgan fingerprint density at radius 1 is 0.800 bits per heavy atom. The van der Waals surface area contributed by atoms with Crippen molar-refractivity contribution in [1.29, 1.82) is 0 Å². The van der Waals surface area contributed by atoms with Gasteiger partial charge in [0.1, 0.15) is 0 Å². The molecule has 0 fully saturated rings. The highest BCUT2D eigenvalue weighted by Gasteiger charge is 2.12. The van der Waals surface area contributed by atoms with E-state index in [1.807, 2.05) is 6.07 Å². The van der Waals surface area contributed by atoms with Crippen LogP contribution in [0.3, 0.4) is 0 Å². The molecule has 0 aromatic heterocycles. The first kappa shape index (κ1) is 21.8. The molecule has 3 aromatic carbocycles. The summed E-state index contributed by atoms with van der Waals surface area (Å²) in [5.41, 5.74) is 5.05. The molecule has 0 saturated heterocycles. The van der Waals surface area contributed by atoms with E-state index in [-0.39, 0.29) is 16.8 Å². The second-order valence-electron chi connectivity index (χ2n) is 6.31. The van der Waals surface area contributed by atoms with Crippen LogP contribution < -0.4 is 10.7 Å². The van der Waals surface area contributed by atoms with Gasteiger partial charge < -0.3 is 5.32 Å². The second-order valence-corrected chi connectivity index (χ2v) is 7.59. The van der Waals surface area contributed by atoms with E-state index in [0.717, 1.165) is 5.56 Å². The van der Waals surface area contributed by atoms with Crippen LogP contribution in [0.1, 0.15) is 33.2 Å². The number of carbonyl (C=O) groups is 2. The van der Waals surface area contributed by atoms with E-state index in [9.17, 15) is 9.59 Å². The van der Waals surface area contributed by atoms with E-state index in [2.05, 4.69) is 15.8 Å². The van der Waals surface area contributed by atoms with Gasteiger partial charge in [-0.05, 0) is 61.0 Å². The summed E-state index contributed by atoms with van der Waals surface area (Å²) >= 11 is 17.9. The van der Waals surface area contributed by atoms with E-state index in [1.54, 1.807) is 61.5 Å². The number of benzene rings is 3. The first-order chi connectivity index (χ1) is 14.3. The predicted octanol–water partition coefficient (Wildman–Crippen LogP) is 6.05. The molecule has 0 aliphatic carbocycles. The second kappa shape index (κ2) is 9.76. The number of nitrogens with zero attached hydrogens (tertiary/aromatic N) is 1. The van der Waals surface area contributed by atoms with Crippen molar-refractivity contribution in [2.24, 2.45) is 5.10 Å². The standard InChI is InChI=1S/C22H16Cl3N3O2/c1-13(27-28-21(29)15-5-2-6-16(23)10-15)14-4-3-7-18(11-14)26-22(30)19-9-8-17(24)12-20(19)25/h2-12H,1H3,(H,26,30)(H,28,29)/b27-13+. The summed E-state index contributed by atoms with van der Waals surface area (Å²) in [4.78, 5) is 24.7. The number of hydrogen-bond donors (Lipinski definition) is 2. The molecule has 2 N–H and O–H groups in total. The Kier molecular flexibility index (Phi) is 7.11. The SMILES string of the molecule is C/C(=N\NC(=O)c1cccc(Cl)c1)c1cccc(NC(=O)c2ccc(Cl)cc2Cl)c1. The maximum absolute atomic E-state index is 12.5. The van der Waals surface area contributed by atoms with Crippen molar-refractivity contribution in [1.82, 2.24) is 5.43 Å². The van der Waals surface area contributed by atoms with Crippen LogP contribution in [-0.4, -0.2) is 17.5 Å². The van der Waals surface area contributed by atoms with Gasteiger partial charge in [-0.15, -0.1) is 0 Å². The number of rotatable bonds is 5. The van der Waals surface area contributed by atoms with Crippen molar-refractivity contribution in [3.63, 3.8) is 0 Å². The van der Waals surface area contributed by atoms with Gasteiger partial charge in [-0.3, -0.25) is 9.59 Å². The quantitative estimate of drug-likeness (QED) is 0.359. The molecule has 0 saturated carbocycles. The predicted molar refractivity (Wildman–Crippen MR) is 122 cm³/mol. The maximum Gasteiger partial charge on any atom is 0.271 e. The number of anilines is 1. The Morgan fingerprint density at radius 2 is 1.50 bits per heavy atom. The van der Waals surface area contributed by atoms with Crippen molar-refractivity contribution in [3.8, 4) is 0 Å². The molecule has 3 aromatic rings. The summed E-state index contributed by atoms with van der Waals surface area (Å²) in [7, 11) is 0. The van der Waals surface area contributed by atoms with Crippen LogP contribution in [0.4, 0.5) is 5.69 Å². The van der Waals surface area contributed by atoms with Crippen LogP contribution >= 0.6 is 34.8 Å². The van der Waals surface area contributed by atoms with Gasteiger partial charge in [0.05, 0.1) is 16.3 Å². The Hall–Kier alpha value is -2.86. The van der Waals surface area contributed by atoms with E-state index < -0.39 is 0 Å². The van der Waals surface area contributed by atoms with Gasteiger partial charge in [0.2, 0.25) is 0 Å². The maximum atomic E-state index is 12.5. The number of halogens is 3. The van der Waals surface area contributed by atoms with Gasteiger partial charge in [-0.2, -0.15) is 5.10 Å². The molecule has 0 unspecified atom stereocenters. The van der Waals surface area contributed by atoms with E-state index in [4.69, 9.17) is 34.8 Å². The number of hydrazone groups is 1. The van der Waals surface area contributed by atoms with Crippen LogP contribution in [0.25, 0.3) is 0 Å². The molecule has 152 valence electrons. The Bertz CT molecular complexity index is 1150. The normalized spacial score (nSPS) is 11.1. The fraction of sp³-hybridized carbons (Fsp3) is 0.0455. The lowest BCUT2D eigenvalue weighted by atomic mass is 10.1. The molecule has 0 aliphatic heterocycles. The van der Waals surface area contributed by atoms with E-state index >= 15 is 0 Å². The zero-order chi connectivity index (χ0) is 21.7. The molecule has 0 aliphatic rings. The summed E-state index contributed by atoms with van der Waals surface area (Å²) in [6.07, 6.45) is 0. The number of nitrogens with one attached hydrogen (secondary N) is 2. The minimum absolute atomic E-state index is 0.262. The molecule has 0 atom stereocenters. The third kappa shape index (κ3) is 5.60. The van der Waals surface area contributed by atoms with Crippen molar-refractivity contribution in [3.05, 3.63) is 98.5 Å². The molecule has 0 radical (unpaired) electrons. The van der Waals surface area contributed by atoms with Crippen molar-refractivity contribution >= 4 is 58.0 Å². The first-order valence-electron chi connectivity index (χ1n) is 8.80. The highest BCUT2D eigenvalue weighted by molar-refractivity contribution is 6.37. The van der Waals surface area contributed by atoms with Crippen LogP contribution in [0.2, 0.25) is 15.1 Å². The van der Waals surface area contributed by atoms with Crippen LogP contribution in [-0.2, 0) is 0 Å². The van der Waals surface area contributed by atoms with Crippen LogP contribution in [0.15, 0.2) is 71.8 Å². The lowest BCUT2D eigenvalue weighted by Crippen LogP contribution is -2.19. The van der Waals surface area contributed by atoms with Gasteiger partial charge in [0, 0.05) is 21.3 Å². The minimum Gasteiger partial charge on any atom is -0.322 e. The number of amides is 2. The summed E-state index contributed by atoms with van der Waals surface area (Å²) in [6.45, 7) is 1.75. The van der Waals surface area contributed by atoms with Gasteiger partial charge >= 0.3 is 0 Å². The van der Waals surface area contributed by atoms with E-state index in [1.165, 1.54) is 6.07 Å². The Morgan fingerprint density at radius 3 is 2.23 bits per heavy atom. The molecule has 8 heteroatoms. The van der Waals surface area contributed by atoms with Gasteiger partial charge in [-0.1, -0.05) is 53.0 Å². The van der Waals surface area contributed by atoms with Gasteiger partial charge in [0.25, 0.3) is 11.8 Å². The van der Waals surface area contributed by atoms with Gasteiger partial charge in [0.15, 0.2) is 0 Å². The fourth-order valence-electron chi connectivity index (χ4n) is 2.59. The molecular weight excluding hydrogens is 445 g/mol. The molecule has 3 rings (SSSR count). The zero-order valence-corrected chi connectivity index (χ0v) is 18.0. The summed E-state index contributed by atoms with van der Waals surface area (Å²) in [5, 5.41) is 8.09. The molecular formula is C22H16Cl3N3O2. The zero-order valence-electron chi connectivity index (χ0n) is 15.7. The molecule has 0 spiro atoms. The Labute approximate surface area is 188 Å². The third-order valence-corrected chi connectivity index (χ3v) is 4.91. The average Bonchev–Trinajstić information content (AvgIpc) is 2.71. The van der Waals surface area contributed by atoms with Crippen LogP contribution in [0, 0.1) is 0 Å². The minimum atomic E-state index is -0.376. The summed E-state index contributed by atoms with van der Waals surface area (Å²) < 4.78 is 0. The third-order valence-electron chi connectivity index (χ3n) is 4.13. The highest BCUT2D eigenvalue weighted by Crippen LogP contribution is 2.22. The van der Waals surface area contributed by atoms with E-state index in [0.29, 0.717) is 32.6 Å². The lowest BCUT2D eigenvalue weighted by molar-refractivity contribution is 0.0954.